The number of aromatic nitrogens is 1. The van der Waals surface area contributed by atoms with Gasteiger partial charge in [0.2, 0.25) is 5.91 Å². The molecule has 3 aromatic rings. The van der Waals surface area contributed by atoms with E-state index in [0.29, 0.717) is 17.9 Å². The van der Waals surface area contributed by atoms with Gasteiger partial charge in [0, 0.05) is 35.6 Å². The lowest BCUT2D eigenvalue weighted by Crippen LogP contribution is -2.29. The van der Waals surface area contributed by atoms with Crippen LogP contribution < -0.4 is 21.3 Å². The van der Waals surface area contributed by atoms with Gasteiger partial charge in [0.1, 0.15) is 28.5 Å². The molecule has 31 heavy (non-hydrogen) atoms. The Bertz CT molecular complexity index is 1160. The maximum absolute atomic E-state index is 13.8. The van der Waals surface area contributed by atoms with E-state index in [0.717, 1.165) is 17.7 Å². The fraction of sp³-hybridized carbons (Fsp3) is 0.182. The average molecular weight is 492 g/mol. The number of aryl methyl sites for hydroxylation is 1. The van der Waals surface area contributed by atoms with Crippen molar-refractivity contribution in [3.05, 3.63) is 91.8 Å². The molecule has 162 valence electrons. The lowest BCUT2D eigenvalue weighted by molar-refractivity contribution is -0.119. The van der Waals surface area contributed by atoms with Crippen LogP contribution in [-0.4, -0.2) is 17.0 Å². The standard InChI is InChI=1S/C22H20BrF2N3O3/c1-13-8-19(31-12-15-4-5-16(24)9-18(15)25)21(23)22(30)28(13)17-6-2-14(3-7-17)11-27-20(29)10-26/h2-9H,10-12,26H2,1H3,(H,27,29). The van der Waals surface area contributed by atoms with Gasteiger partial charge in [-0.2, -0.15) is 0 Å². The third-order valence-corrected chi connectivity index (χ3v) is 5.30. The van der Waals surface area contributed by atoms with Crippen LogP contribution in [0.2, 0.25) is 0 Å². The maximum Gasteiger partial charge on any atom is 0.273 e. The van der Waals surface area contributed by atoms with Crippen LogP contribution >= 0.6 is 15.9 Å². The number of rotatable bonds is 7. The zero-order chi connectivity index (χ0) is 22.5. The van der Waals surface area contributed by atoms with Crippen LogP contribution in [0.15, 0.2) is 57.8 Å². The molecule has 3 rings (SSSR count). The molecule has 0 saturated carbocycles. The van der Waals surface area contributed by atoms with Crippen molar-refractivity contribution < 1.29 is 18.3 Å². The highest BCUT2D eigenvalue weighted by Crippen LogP contribution is 2.25. The highest BCUT2D eigenvalue weighted by Gasteiger charge is 2.14. The van der Waals surface area contributed by atoms with Crippen molar-refractivity contribution >= 4 is 21.8 Å². The second-order valence-electron chi connectivity index (χ2n) is 6.78. The molecule has 6 nitrogen and oxygen atoms in total. The van der Waals surface area contributed by atoms with E-state index in [-0.39, 0.29) is 40.4 Å². The van der Waals surface area contributed by atoms with Gasteiger partial charge in [-0.05, 0) is 52.7 Å². The Kier molecular flexibility index (Phi) is 7.19. The summed E-state index contributed by atoms with van der Waals surface area (Å²) in [5.41, 5.74) is 7.18. The van der Waals surface area contributed by atoms with E-state index in [1.54, 1.807) is 37.3 Å². The van der Waals surface area contributed by atoms with Crippen molar-refractivity contribution in [1.82, 2.24) is 9.88 Å². The van der Waals surface area contributed by atoms with Gasteiger partial charge in [0.15, 0.2) is 0 Å². The van der Waals surface area contributed by atoms with Gasteiger partial charge < -0.3 is 15.8 Å². The first kappa shape index (κ1) is 22.6. The molecule has 1 amide bonds. The number of nitrogens with zero attached hydrogens (tertiary/aromatic N) is 1. The van der Waals surface area contributed by atoms with Gasteiger partial charge in [-0.15, -0.1) is 0 Å². The molecule has 2 aromatic carbocycles. The van der Waals surface area contributed by atoms with Gasteiger partial charge in [-0.3, -0.25) is 14.2 Å². The average Bonchev–Trinajstić information content (AvgIpc) is 2.75. The van der Waals surface area contributed by atoms with E-state index in [1.807, 2.05) is 0 Å². The van der Waals surface area contributed by atoms with Crippen molar-refractivity contribution in [3.8, 4) is 11.4 Å². The number of benzene rings is 2. The minimum atomic E-state index is -0.719. The van der Waals surface area contributed by atoms with Crippen molar-refractivity contribution in [2.75, 3.05) is 6.54 Å². The van der Waals surface area contributed by atoms with E-state index in [4.69, 9.17) is 10.5 Å². The molecule has 9 heteroatoms. The zero-order valence-corrected chi connectivity index (χ0v) is 18.2. The Morgan fingerprint density at radius 1 is 1.16 bits per heavy atom. The first-order valence-electron chi connectivity index (χ1n) is 9.35. The molecule has 1 heterocycles. The smallest absolute Gasteiger partial charge is 0.273 e. The van der Waals surface area contributed by atoms with Crippen LogP contribution in [0.1, 0.15) is 16.8 Å². The van der Waals surface area contributed by atoms with Crippen molar-refractivity contribution in [2.45, 2.75) is 20.1 Å². The SMILES string of the molecule is Cc1cc(OCc2ccc(F)cc2F)c(Br)c(=O)n1-c1ccc(CNC(=O)CN)cc1. The minimum absolute atomic E-state index is 0.0804. The third kappa shape index (κ3) is 5.36. The molecule has 0 bridgehead atoms. The van der Waals surface area contributed by atoms with E-state index in [1.165, 1.54) is 10.6 Å². The Labute approximate surface area is 185 Å². The van der Waals surface area contributed by atoms with Crippen molar-refractivity contribution in [1.29, 1.82) is 0 Å². The van der Waals surface area contributed by atoms with Crippen LogP contribution in [-0.2, 0) is 17.9 Å². The number of ether oxygens (including phenoxy) is 1. The quantitative estimate of drug-likeness (QED) is 0.530. The summed E-state index contributed by atoms with van der Waals surface area (Å²) in [7, 11) is 0. The fourth-order valence-electron chi connectivity index (χ4n) is 2.94. The molecule has 0 saturated heterocycles. The Morgan fingerprint density at radius 2 is 1.87 bits per heavy atom. The van der Waals surface area contributed by atoms with E-state index in [2.05, 4.69) is 21.2 Å². The molecule has 0 fully saturated rings. The normalized spacial score (nSPS) is 10.7. The number of carbonyl (C=O) groups is 1. The largest absolute Gasteiger partial charge is 0.487 e. The Balaban J connectivity index is 1.81. The summed E-state index contributed by atoms with van der Waals surface area (Å²) in [6.45, 7) is 1.84. The lowest BCUT2D eigenvalue weighted by atomic mass is 10.2. The van der Waals surface area contributed by atoms with E-state index in [9.17, 15) is 18.4 Å². The second-order valence-corrected chi connectivity index (χ2v) is 7.57. The summed E-state index contributed by atoms with van der Waals surface area (Å²) in [5.74, 6) is -1.39. The predicted molar refractivity (Wildman–Crippen MR) is 116 cm³/mol. The highest BCUT2D eigenvalue weighted by atomic mass is 79.9. The monoisotopic (exact) mass is 491 g/mol. The first-order chi connectivity index (χ1) is 14.8. The lowest BCUT2D eigenvalue weighted by Gasteiger charge is -2.15. The summed E-state index contributed by atoms with van der Waals surface area (Å²) in [6, 6.07) is 12.0. The number of halogens is 3. The molecule has 0 aliphatic rings. The number of carbonyl (C=O) groups excluding carboxylic acids is 1. The molecule has 1 aromatic heterocycles. The number of nitrogens with two attached hydrogens (primary N) is 1. The summed E-state index contributed by atoms with van der Waals surface area (Å²) < 4.78 is 34.2. The number of hydrogen-bond acceptors (Lipinski definition) is 4. The number of amides is 1. The number of pyridine rings is 1. The highest BCUT2D eigenvalue weighted by molar-refractivity contribution is 9.10. The van der Waals surface area contributed by atoms with Crippen LogP contribution in [0.25, 0.3) is 5.69 Å². The van der Waals surface area contributed by atoms with Gasteiger partial charge in [-0.1, -0.05) is 12.1 Å². The van der Waals surface area contributed by atoms with Gasteiger partial charge in [0.05, 0.1) is 6.54 Å². The first-order valence-corrected chi connectivity index (χ1v) is 10.1. The summed E-state index contributed by atoms with van der Waals surface area (Å²) in [5, 5.41) is 2.68. The topological polar surface area (TPSA) is 86.3 Å². The summed E-state index contributed by atoms with van der Waals surface area (Å²) in [6.07, 6.45) is 0. The van der Waals surface area contributed by atoms with E-state index < -0.39 is 11.6 Å². The van der Waals surface area contributed by atoms with Crippen LogP contribution in [0.4, 0.5) is 8.78 Å². The predicted octanol–water partition coefficient (Wildman–Crippen LogP) is 3.34. The van der Waals surface area contributed by atoms with Crippen molar-refractivity contribution in [2.24, 2.45) is 5.73 Å². The summed E-state index contributed by atoms with van der Waals surface area (Å²) in [4.78, 5) is 24.2. The Morgan fingerprint density at radius 3 is 2.52 bits per heavy atom. The van der Waals surface area contributed by atoms with Crippen LogP contribution in [0.5, 0.6) is 5.75 Å². The maximum atomic E-state index is 13.8. The Hall–Kier alpha value is -3.04. The van der Waals surface area contributed by atoms with Crippen LogP contribution in [0.3, 0.4) is 0 Å². The van der Waals surface area contributed by atoms with Gasteiger partial charge in [0.25, 0.3) is 5.56 Å². The molecule has 0 spiro atoms. The molecule has 0 aliphatic carbocycles. The number of nitrogens with one attached hydrogen (secondary N) is 1. The van der Waals surface area contributed by atoms with Crippen molar-refractivity contribution in [3.63, 3.8) is 0 Å². The molecule has 3 N–H and O–H groups in total. The van der Waals surface area contributed by atoms with Gasteiger partial charge >= 0.3 is 0 Å². The van der Waals surface area contributed by atoms with Gasteiger partial charge in [-0.25, -0.2) is 8.78 Å². The molecule has 0 unspecified atom stereocenters. The third-order valence-electron chi connectivity index (χ3n) is 4.57. The zero-order valence-electron chi connectivity index (χ0n) is 16.6. The fourth-order valence-corrected chi connectivity index (χ4v) is 3.34. The number of hydrogen-bond donors (Lipinski definition) is 2. The molecule has 0 atom stereocenters. The second kappa shape index (κ2) is 9.84. The molecule has 0 radical (unpaired) electrons. The van der Waals surface area contributed by atoms with Crippen LogP contribution in [0, 0.1) is 18.6 Å². The molecular formula is C22H20BrF2N3O3. The summed E-state index contributed by atoms with van der Waals surface area (Å²) >= 11 is 3.26. The van der Waals surface area contributed by atoms with E-state index >= 15 is 0 Å². The molecular weight excluding hydrogens is 472 g/mol. The molecule has 0 aliphatic heterocycles. The minimum Gasteiger partial charge on any atom is -0.487 e.